The maximum atomic E-state index is 9.01. The van der Waals surface area contributed by atoms with Gasteiger partial charge < -0.3 is 10.8 Å². The Morgan fingerprint density at radius 3 is 2.18 bits per heavy atom. The Morgan fingerprint density at radius 2 is 1.91 bits per heavy atom. The molecule has 1 atom stereocenters. The standard InChI is InChI=1S/C8H18N2O/c1-8(2,3)10-4-6(5-10)7(9)11/h6-7,11H,4-5,9H2,1-3H3. The summed E-state index contributed by atoms with van der Waals surface area (Å²) in [6.45, 7) is 8.38. The summed E-state index contributed by atoms with van der Waals surface area (Å²) in [6, 6.07) is 0. The third kappa shape index (κ3) is 1.92. The molecule has 3 N–H and O–H groups in total. The summed E-state index contributed by atoms with van der Waals surface area (Å²) in [4.78, 5) is 2.31. The molecule has 0 saturated carbocycles. The molecule has 0 spiro atoms. The molecule has 0 amide bonds. The lowest BCUT2D eigenvalue weighted by Gasteiger charge is -2.48. The highest BCUT2D eigenvalue weighted by molar-refractivity contribution is 4.90. The van der Waals surface area contributed by atoms with E-state index in [1.165, 1.54) is 0 Å². The largest absolute Gasteiger partial charge is 0.378 e. The monoisotopic (exact) mass is 158 g/mol. The lowest BCUT2D eigenvalue weighted by Crippen LogP contribution is -2.60. The summed E-state index contributed by atoms with van der Waals surface area (Å²) in [6.07, 6.45) is -0.631. The van der Waals surface area contributed by atoms with Crippen LogP contribution in [0.4, 0.5) is 0 Å². The van der Waals surface area contributed by atoms with Gasteiger partial charge in [-0.15, -0.1) is 0 Å². The smallest absolute Gasteiger partial charge is 0.107 e. The van der Waals surface area contributed by atoms with E-state index in [1.54, 1.807) is 0 Å². The fourth-order valence-corrected chi connectivity index (χ4v) is 1.28. The summed E-state index contributed by atoms with van der Waals surface area (Å²) in [7, 11) is 0. The van der Waals surface area contributed by atoms with Gasteiger partial charge in [-0.3, -0.25) is 4.90 Å². The zero-order valence-corrected chi connectivity index (χ0v) is 7.54. The predicted octanol–water partition coefficient (Wildman–Crippen LogP) is -0.00620. The molecule has 0 aromatic carbocycles. The molecule has 3 heteroatoms. The van der Waals surface area contributed by atoms with Gasteiger partial charge in [-0.25, -0.2) is 0 Å². The van der Waals surface area contributed by atoms with Crippen LogP contribution in [0.2, 0.25) is 0 Å². The van der Waals surface area contributed by atoms with E-state index < -0.39 is 6.23 Å². The first-order valence-electron chi connectivity index (χ1n) is 4.10. The van der Waals surface area contributed by atoms with Crippen LogP contribution in [-0.4, -0.2) is 34.9 Å². The molecule has 0 aliphatic carbocycles. The molecule has 66 valence electrons. The lowest BCUT2D eigenvalue weighted by atomic mass is 9.91. The molecule has 1 aliphatic rings. The van der Waals surface area contributed by atoms with Gasteiger partial charge >= 0.3 is 0 Å². The molecule has 1 aliphatic heterocycles. The van der Waals surface area contributed by atoms with E-state index >= 15 is 0 Å². The Kier molecular flexibility index (Phi) is 2.23. The van der Waals surface area contributed by atoms with E-state index in [0.29, 0.717) is 0 Å². The minimum absolute atomic E-state index is 0.228. The molecule has 1 rings (SSSR count). The first-order chi connectivity index (χ1) is 4.91. The number of aliphatic hydroxyl groups is 1. The highest BCUT2D eigenvalue weighted by Crippen LogP contribution is 2.25. The molecule has 1 saturated heterocycles. The van der Waals surface area contributed by atoms with Crippen LogP contribution in [-0.2, 0) is 0 Å². The number of rotatable bonds is 1. The fourth-order valence-electron chi connectivity index (χ4n) is 1.28. The highest BCUT2D eigenvalue weighted by atomic mass is 16.3. The van der Waals surface area contributed by atoms with Crippen molar-refractivity contribution in [1.29, 1.82) is 0 Å². The van der Waals surface area contributed by atoms with Crippen LogP contribution in [0.5, 0.6) is 0 Å². The zero-order chi connectivity index (χ0) is 8.65. The van der Waals surface area contributed by atoms with E-state index in [1.807, 2.05) is 0 Å². The Bertz CT molecular complexity index is 134. The topological polar surface area (TPSA) is 49.5 Å². The minimum Gasteiger partial charge on any atom is -0.378 e. The Morgan fingerprint density at radius 1 is 1.45 bits per heavy atom. The second-order valence-electron chi connectivity index (χ2n) is 4.33. The van der Waals surface area contributed by atoms with Crippen LogP contribution in [0, 0.1) is 5.92 Å². The maximum Gasteiger partial charge on any atom is 0.107 e. The van der Waals surface area contributed by atoms with Gasteiger partial charge in [-0.2, -0.15) is 0 Å². The first-order valence-corrected chi connectivity index (χ1v) is 4.10. The molecule has 0 aromatic heterocycles. The van der Waals surface area contributed by atoms with Gasteiger partial charge in [0, 0.05) is 24.5 Å². The molecule has 3 nitrogen and oxygen atoms in total. The van der Waals surface area contributed by atoms with Crippen molar-refractivity contribution in [2.24, 2.45) is 11.7 Å². The number of hydrogen-bond acceptors (Lipinski definition) is 3. The van der Waals surface area contributed by atoms with Crippen molar-refractivity contribution >= 4 is 0 Å². The SMILES string of the molecule is CC(C)(C)N1CC(C(N)O)C1. The van der Waals surface area contributed by atoms with Crippen LogP contribution in [0.25, 0.3) is 0 Å². The molecular weight excluding hydrogens is 140 g/mol. The van der Waals surface area contributed by atoms with E-state index in [-0.39, 0.29) is 11.5 Å². The number of nitrogens with two attached hydrogens (primary N) is 1. The fraction of sp³-hybridized carbons (Fsp3) is 1.00. The van der Waals surface area contributed by atoms with Crippen molar-refractivity contribution in [2.75, 3.05) is 13.1 Å². The molecule has 1 fully saturated rings. The normalized spacial score (nSPS) is 24.8. The summed E-state index contributed by atoms with van der Waals surface area (Å²) < 4.78 is 0. The first kappa shape index (κ1) is 8.97. The molecular formula is C8H18N2O. The molecule has 1 heterocycles. The molecule has 0 aromatic rings. The molecule has 0 bridgehead atoms. The van der Waals surface area contributed by atoms with Crippen molar-refractivity contribution < 1.29 is 5.11 Å². The second kappa shape index (κ2) is 2.73. The Balaban J connectivity index is 2.30. The van der Waals surface area contributed by atoms with E-state index in [9.17, 15) is 0 Å². The van der Waals surface area contributed by atoms with Crippen LogP contribution < -0.4 is 5.73 Å². The van der Waals surface area contributed by atoms with Gasteiger partial charge in [-0.1, -0.05) is 0 Å². The predicted molar refractivity (Wildman–Crippen MR) is 45.0 cm³/mol. The van der Waals surface area contributed by atoms with Crippen molar-refractivity contribution in [1.82, 2.24) is 4.90 Å². The third-order valence-electron chi connectivity index (χ3n) is 2.34. The van der Waals surface area contributed by atoms with Gasteiger partial charge in [0.2, 0.25) is 0 Å². The van der Waals surface area contributed by atoms with E-state index in [0.717, 1.165) is 13.1 Å². The summed E-state index contributed by atoms with van der Waals surface area (Å²) >= 11 is 0. The molecule has 0 radical (unpaired) electrons. The van der Waals surface area contributed by atoms with Crippen molar-refractivity contribution in [2.45, 2.75) is 32.5 Å². The van der Waals surface area contributed by atoms with Gasteiger partial charge in [0.15, 0.2) is 0 Å². The van der Waals surface area contributed by atoms with Crippen molar-refractivity contribution in [3.05, 3.63) is 0 Å². The summed E-state index contributed by atoms with van der Waals surface area (Å²) in [5.74, 6) is 0.286. The average molecular weight is 158 g/mol. The van der Waals surface area contributed by atoms with E-state index in [2.05, 4.69) is 25.7 Å². The summed E-state index contributed by atoms with van der Waals surface area (Å²) in [5.41, 5.74) is 5.56. The van der Waals surface area contributed by atoms with E-state index in [4.69, 9.17) is 10.8 Å². The van der Waals surface area contributed by atoms with Crippen molar-refractivity contribution in [3.63, 3.8) is 0 Å². The number of likely N-dealkylation sites (tertiary alicyclic amines) is 1. The van der Waals surface area contributed by atoms with Crippen LogP contribution in [0.15, 0.2) is 0 Å². The average Bonchev–Trinajstić information content (AvgIpc) is 1.51. The van der Waals surface area contributed by atoms with Gasteiger partial charge in [0.1, 0.15) is 6.23 Å². The quantitative estimate of drug-likeness (QED) is 0.528. The van der Waals surface area contributed by atoms with Crippen LogP contribution in [0.1, 0.15) is 20.8 Å². The van der Waals surface area contributed by atoms with Gasteiger partial charge in [0.25, 0.3) is 0 Å². The summed E-state index contributed by atoms with van der Waals surface area (Å²) in [5, 5.41) is 9.01. The second-order valence-corrected chi connectivity index (χ2v) is 4.33. The number of aliphatic hydroxyl groups excluding tert-OH is 1. The number of hydrogen-bond donors (Lipinski definition) is 2. The zero-order valence-electron chi connectivity index (χ0n) is 7.54. The highest BCUT2D eigenvalue weighted by Gasteiger charge is 2.36. The molecule has 11 heavy (non-hydrogen) atoms. The van der Waals surface area contributed by atoms with Crippen LogP contribution in [0.3, 0.4) is 0 Å². The minimum atomic E-state index is -0.631. The number of nitrogens with zero attached hydrogens (tertiary/aromatic N) is 1. The Labute approximate surface area is 68.2 Å². The molecule has 1 unspecified atom stereocenters. The maximum absolute atomic E-state index is 9.01. The van der Waals surface area contributed by atoms with Crippen molar-refractivity contribution in [3.8, 4) is 0 Å². The van der Waals surface area contributed by atoms with Crippen LogP contribution >= 0.6 is 0 Å². The van der Waals surface area contributed by atoms with Gasteiger partial charge in [0.05, 0.1) is 0 Å². The van der Waals surface area contributed by atoms with Gasteiger partial charge in [-0.05, 0) is 20.8 Å². The Hall–Kier alpha value is -0.120. The lowest BCUT2D eigenvalue weighted by molar-refractivity contribution is -0.0458. The third-order valence-corrected chi connectivity index (χ3v) is 2.34.